The second-order valence-corrected chi connectivity index (χ2v) is 4.65. The van der Waals surface area contributed by atoms with Crippen LogP contribution in [0.2, 0.25) is 0 Å². The minimum absolute atomic E-state index is 0.149. The lowest BCUT2D eigenvalue weighted by molar-refractivity contribution is -0.139. The van der Waals surface area contributed by atoms with Gasteiger partial charge < -0.3 is 10.5 Å². The Morgan fingerprint density at radius 1 is 1.18 bits per heavy atom. The van der Waals surface area contributed by atoms with Crippen LogP contribution in [0.3, 0.4) is 0 Å². The number of para-hydroxylation sites is 1. The normalized spacial score (nSPS) is 12.6. The maximum Gasteiger partial charge on any atom is 0.419 e. The molecular weight excluding hydrogens is 231 g/mol. The van der Waals surface area contributed by atoms with E-state index in [0.717, 1.165) is 6.07 Å². The summed E-state index contributed by atoms with van der Waals surface area (Å²) in [6, 6.07) is 5.17. The monoisotopic (exact) mass is 247 g/mol. The minimum atomic E-state index is -4.40. The summed E-state index contributed by atoms with van der Waals surface area (Å²) in [6.07, 6.45) is -4.40. The van der Waals surface area contributed by atoms with Gasteiger partial charge in [0, 0.05) is 12.0 Å². The Kier molecular flexibility index (Phi) is 4.03. The molecule has 2 N–H and O–H groups in total. The van der Waals surface area contributed by atoms with Gasteiger partial charge >= 0.3 is 6.18 Å². The molecule has 0 fully saturated rings. The van der Waals surface area contributed by atoms with E-state index in [-0.39, 0.29) is 17.8 Å². The third-order valence-electron chi connectivity index (χ3n) is 2.36. The van der Waals surface area contributed by atoms with Crippen molar-refractivity contribution in [3.63, 3.8) is 0 Å². The topological polar surface area (TPSA) is 35.2 Å². The summed E-state index contributed by atoms with van der Waals surface area (Å²) in [5.74, 6) is -0.151. The zero-order valence-corrected chi connectivity index (χ0v) is 9.84. The lowest BCUT2D eigenvalue weighted by Gasteiger charge is -2.23. The molecule has 2 nitrogen and oxygen atoms in total. The van der Waals surface area contributed by atoms with E-state index < -0.39 is 11.7 Å². The van der Waals surface area contributed by atoms with Gasteiger partial charge in [-0.1, -0.05) is 26.0 Å². The van der Waals surface area contributed by atoms with E-state index in [1.54, 1.807) is 0 Å². The van der Waals surface area contributed by atoms with Crippen LogP contribution >= 0.6 is 0 Å². The van der Waals surface area contributed by atoms with Crippen LogP contribution < -0.4 is 10.5 Å². The fraction of sp³-hybridized carbons (Fsp3) is 0.500. The minimum Gasteiger partial charge on any atom is -0.492 e. The van der Waals surface area contributed by atoms with E-state index in [1.165, 1.54) is 18.2 Å². The number of halogens is 3. The second-order valence-electron chi connectivity index (χ2n) is 4.65. The number of hydrogen-bond donors (Lipinski definition) is 1. The molecule has 0 bridgehead atoms. The number of benzene rings is 1. The smallest absolute Gasteiger partial charge is 0.419 e. The molecule has 1 aromatic carbocycles. The van der Waals surface area contributed by atoms with E-state index in [2.05, 4.69) is 0 Å². The average molecular weight is 247 g/mol. The highest BCUT2D eigenvalue weighted by Crippen LogP contribution is 2.36. The summed E-state index contributed by atoms with van der Waals surface area (Å²) in [5, 5.41) is 0. The molecule has 0 saturated heterocycles. The van der Waals surface area contributed by atoms with Crippen LogP contribution in [0.4, 0.5) is 13.2 Å². The largest absolute Gasteiger partial charge is 0.492 e. The van der Waals surface area contributed by atoms with Crippen molar-refractivity contribution in [3.8, 4) is 5.75 Å². The fourth-order valence-corrected chi connectivity index (χ4v) is 1.16. The highest BCUT2D eigenvalue weighted by atomic mass is 19.4. The van der Waals surface area contributed by atoms with Crippen molar-refractivity contribution in [1.29, 1.82) is 0 Å². The molecule has 1 rings (SSSR count). The van der Waals surface area contributed by atoms with Gasteiger partial charge in [0.25, 0.3) is 0 Å². The lowest BCUT2D eigenvalue weighted by atomic mass is 9.95. The highest BCUT2D eigenvalue weighted by Gasteiger charge is 2.34. The maximum absolute atomic E-state index is 12.6. The third kappa shape index (κ3) is 3.93. The van der Waals surface area contributed by atoms with Crippen molar-refractivity contribution >= 4 is 0 Å². The summed E-state index contributed by atoms with van der Waals surface area (Å²) in [6.45, 7) is 4.17. The van der Waals surface area contributed by atoms with Crippen molar-refractivity contribution < 1.29 is 17.9 Å². The molecule has 0 saturated carbocycles. The molecule has 0 radical (unpaired) electrons. The first-order chi connectivity index (χ1) is 7.76. The van der Waals surface area contributed by atoms with Gasteiger partial charge in [0.05, 0.1) is 12.2 Å². The molecule has 17 heavy (non-hydrogen) atoms. The molecular formula is C12H16F3NO. The van der Waals surface area contributed by atoms with Crippen molar-refractivity contribution in [1.82, 2.24) is 0 Å². The van der Waals surface area contributed by atoms with E-state index in [4.69, 9.17) is 10.5 Å². The van der Waals surface area contributed by atoms with Crippen LogP contribution in [-0.2, 0) is 6.18 Å². The van der Waals surface area contributed by atoms with Gasteiger partial charge in [-0.3, -0.25) is 0 Å². The molecule has 0 aliphatic rings. The zero-order chi connectivity index (χ0) is 13.1. The quantitative estimate of drug-likeness (QED) is 0.887. The second kappa shape index (κ2) is 4.96. The first kappa shape index (κ1) is 13.8. The molecule has 0 aromatic heterocycles. The van der Waals surface area contributed by atoms with Gasteiger partial charge in [-0.2, -0.15) is 13.2 Å². The first-order valence-electron chi connectivity index (χ1n) is 5.25. The average Bonchev–Trinajstić information content (AvgIpc) is 2.26. The molecule has 0 aliphatic heterocycles. The van der Waals surface area contributed by atoms with Crippen LogP contribution in [0, 0.1) is 5.41 Å². The first-order valence-corrected chi connectivity index (χ1v) is 5.25. The number of rotatable bonds is 4. The van der Waals surface area contributed by atoms with Gasteiger partial charge in [-0.15, -0.1) is 0 Å². The van der Waals surface area contributed by atoms with Gasteiger partial charge in [-0.05, 0) is 12.1 Å². The Labute approximate surface area is 98.6 Å². The summed E-state index contributed by atoms with van der Waals surface area (Å²) >= 11 is 0. The number of hydrogen-bond acceptors (Lipinski definition) is 2. The molecule has 1 aromatic rings. The molecule has 5 heteroatoms. The van der Waals surface area contributed by atoms with Gasteiger partial charge in [0.2, 0.25) is 0 Å². The van der Waals surface area contributed by atoms with Crippen molar-refractivity contribution in [3.05, 3.63) is 29.8 Å². The lowest BCUT2D eigenvalue weighted by Crippen LogP contribution is -2.30. The molecule has 0 aliphatic carbocycles. The van der Waals surface area contributed by atoms with Crippen molar-refractivity contribution in [2.24, 2.45) is 11.1 Å². The Bertz CT molecular complexity index is 374. The fourth-order valence-electron chi connectivity index (χ4n) is 1.16. The summed E-state index contributed by atoms with van der Waals surface area (Å²) in [7, 11) is 0. The highest BCUT2D eigenvalue weighted by molar-refractivity contribution is 5.35. The van der Waals surface area contributed by atoms with E-state index >= 15 is 0 Å². The Morgan fingerprint density at radius 3 is 2.29 bits per heavy atom. The van der Waals surface area contributed by atoms with Crippen molar-refractivity contribution in [2.45, 2.75) is 20.0 Å². The molecule has 0 heterocycles. The van der Waals surface area contributed by atoms with Crippen LogP contribution in [0.25, 0.3) is 0 Å². The summed E-state index contributed by atoms with van der Waals surface area (Å²) in [4.78, 5) is 0. The zero-order valence-electron chi connectivity index (χ0n) is 9.84. The number of nitrogens with two attached hydrogens (primary N) is 1. The van der Waals surface area contributed by atoms with E-state index in [9.17, 15) is 13.2 Å². The predicted molar refractivity (Wildman–Crippen MR) is 59.8 cm³/mol. The third-order valence-corrected chi connectivity index (χ3v) is 2.36. The Balaban J connectivity index is 2.85. The summed E-state index contributed by atoms with van der Waals surface area (Å²) in [5.41, 5.74) is 4.39. The number of ether oxygens (including phenoxy) is 1. The molecule has 0 amide bonds. The van der Waals surface area contributed by atoms with Gasteiger partial charge in [0.1, 0.15) is 5.75 Å². The number of alkyl halides is 3. The van der Waals surface area contributed by atoms with Crippen LogP contribution in [0.15, 0.2) is 24.3 Å². The van der Waals surface area contributed by atoms with Crippen LogP contribution in [0.1, 0.15) is 19.4 Å². The van der Waals surface area contributed by atoms with Gasteiger partial charge in [0.15, 0.2) is 0 Å². The molecule has 0 atom stereocenters. The SMILES string of the molecule is CC(C)(CN)COc1ccccc1C(F)(F)F. The maximum atomic E-state index is 12.6. The standard InChI is InChI=1S/C12H16F3NO/c1-11(2,7-16)8-17-10-6-4-3-5-9(10)12(13,14)15/h3-6H,7-8,16H2,1-2H3. The van der Waals surface area contributed by atoms with E-state index in [1.807, 2.05) is 13.8 Å². The van der Waals surface area contributed by atoms with Gasteiger partial charge in [-0.25, -0.2) is 0 Å². The summed E-state index contributed by atoms with van der Waals surface area (Å²) < 4.78 is 43.2. The molecule has 0 unspecified atom stereocenters. The molecule has 96 valence electrons. The van der Waals surface area contributed by atoms with Crippen LogP contribution in [0.5, 0.6) is 5.75 Å². The van der Waals surface area contributed by atoms with Crippen molar-refractivity contribution in [2.75, 3.05) is 13.2 Å². The van der Waals surface area contributed by atoms with E-state index in [0.29, 0.717) is 6.54 Å². The Morgan fingerprint density at radius 2 is 1.76 bits per heavy atom. The molecule has 0 spiro atoms. The predicted octanol–water partition coefficient (Wildman–Crippen LogP) is 3.07. The van der Waals surface area contributed by atoms with Crippen LogP contribution in [-0.4, -0.2) is 13.2 Å². The Hall–Kier alpha value is -1.23.